The third kappa shape index (κ3) is 3.01. The van der Waals surface area contributed by atoms with Gasteiger partial charge in [0.2, 0.25) is 0 Å². The third-order valence-corrected chi connectivity index (χ3v) is 4.52. The second-order valence-corrected chi connectivity index (χ2v) is 6.23. The molecule has 21 heavy (non-hydrogen) atoms. The molecular formula is C17H25NO3. The van der Waals surface area contributed by atoms with Crippen LogP contribution in [0, 0.1) is 11.8 Å². The molecular weight excluding hydrogens is 266 g/mol. The van der Waals surface area contributed by atoms with E-state index in [2.05, 4.69) is 19.9 Å². The molecule has 3 rings (SSSR count). The van der Waals surface area contributed by atoms with E-state index in [0.29, 0.717) is 25.0 Å². The Morgan fingerprint density at radius 3 is 2.76 bits per heavy atom. The summed E-state index contributed by atoms with van der Waals surface area (Å²) in [5.41, 5.74) is 7.60. The number of hydrogen-bond donors (Lipinski definition) is 1. The zero-order valence-electron chi connectivity index (χ0n) is 12.9. The normalized spacial score (nSPS) is 30.0. The maximum Gasteiger partial charge on any atom is 0.161 e. The second-order valence-electron chi connectivity index (χ2n) is 6.23. The summed E-state index contributed by atoms with van der Waals surface area (Å²) in [5, 5.41) is 0. The molecule has 0 aliphatic carbocycles. The zero-order valence-corrected chi connectivity index (χ0v) is 12.9. The van der Waals surface area contributed by atoms with Gasteiger partial charge in [-0.05, 0) is 30.5 Å². The van der Waals surface area contributed by atoms with Gasteiger partial charge in [0.1, 0.15) is 0 Å². The maximum atomic E-state index is 6.49. The number of rotatable bonds is 3. The first-order chi connectivity index (χ1) is 10.2. The molecule has 116 valence electrons. The van der Waals surface area contributed by atoms with E-state index in [1.807, 2.05) is 12.1 Å². The van der Waals surface area contributed by atoms with Gasteiger partial charge in [0.05, 0.1) is 19.3 Å². The van der Waals surface area contributed by atoms with Crippen LogP contribution < -0.4 is 15.2 Å². The van der Waals surface area contributed by atoms with Crippen molar-refractivity contribution in [3.63, 3.8) is 0 Å². The number of nitrogens with two attached hydrogens (primary N) is 1. The Morgan fingerprint density at radius 1 is 1.24 bits per heavy atom. The van der Waals surface area contributed by atoms with Crippen molar-refractivity contribution in [3.05, 3.63) is 23.8 Å². The lowest BCUT2D eigenvalue weighted by Crippen LogP contribution is -2.28. The molecule has 1 aromatic carbocycles. The molecule has 4 atom stereocenters. The molecule has 2 heterocycles. The molecule has 2 aliphatic rings. The number of fused-ring (bicyclic) bond motifs is 1. The van der Waals surface area contributed by atoms with Gasteiger partial charge in [-0.25, -0.2) is 0 Å². The van der Waals surface area contributed by atoms with E-state index in [0.717, 1.165) is 36.5 Å². The lowest BCUT2D eigenvalue weighted by atomic mass is 9.87. The van der Waals surface area contributed by atoms with Crippen LogP contribution in [-0.2, 0) is 4.74 Å². The van der Waals surface area contributed by atoms with E-state index in [-0.39, 0.29) is 12.1 Å². The summed E-state index contributed by atoms with van der Waals surface area (Å²) in [5.74, 6) is 2.44. The van der Waals surface area contributed by atoms with Gasteiger partial charge >= 0.3 is 0 Å². The second kappa shape index (κ2) is 6.24. The van der Waals surface area contributed by atoms with E-state index in [1.54, 1.807) is 0 Å². The van der Waals surface area contributed by atoms with Gasteiger partial charge in [-0.1, -0.05) is 19.9 Å². The van der Waals surface area contributed by atoms with Crippen molar-refractivity contribution in [2.24, 2.45) is 17.6 Å². The fourth-order valence-corrected chi connectivity index (χ4v) is 3.22. The van der Waals surface area contributed by atoms with Gasteiger partial charge in [0.15, 0.2) is 11.5 Å². The Labute approximate surface area is 126 Å². The molecule has 1 fully saturated rings. The summed E-state index contributed by atoms with van der Waals surface area (Å²) in [6.45, 7) is 6.49. The average molecular weight is 291 g/mol. The number of ether oxygens (including phenoxy) is 3. The molecule has 0 aromatic heterocycles. The topological polar surface area (TPSA) is 53.7 Å². The summed E-state index contributed by atoms with van der Waals surface area (Å²) >= 11 is 0. The van der Waals surface area contributed by atoms with E-state index >= 15 is 0 Å². The van der Waals surface area contributed by atoms with Crippen LogP contribution in [0.3, 0.4) is 0 Å². The molecule has 0 amide bonds. The summed E-state index contributed by atoms with van der Waals surface area (Å²) < 4.78 is 17.4. The average Bonchev–Trinajstić information content (AvgIpc) is 2.91. The highest BCUT2D eigenvalue weighted by molar-refractivity contribution is 5.44. The van der Waals surface area contributed by atoms with Crippen LogP contribution in [0.25, 0.3) is 0 Å². The first-order valence-electron chi connectivity index (χ1n) is 7.95. The molecule has 1 saturated heterocycles. The van der Waals surface area contributed by atoms with Gasteiger partial charge in [-0.15, -0.1) is 0 Å². The zero-order chi connectivity index (χ0) is 14.8. The highest BCUT2D eigenvalue weighted by Gasteiger charge is 2.33. The quantitative estimate of drug-likeness (QED) is 0.930. The highest BCUT2D eigenvalue weighted by Crippen LogP contribution is 2.37. The molecule has 0 bridgehead atoms. The van der Waals surface area contributed by atoms with E-state index in [9.17, 15) is 0 Å². The maximum absolute atomic E-state index is 6.49. The summed E-state index contributed by atoms with van der Waals surface area (Å²) in [4.78, 5) is 0. The lowest BCUT2D eigenvalue weighted by molar-refractivity contribution is 0.0813. The van der Waals surface area contributed by atoms with Gasteiger partial charge in [-0.2, -0.15) is 0 Å². The molecule has 1 aromatic rings. The largest absolute Gasteiger partial charge is 0.489 e. The Kier molecular flexibility index (Phi) is 4.36. The number of benzene rings is 1. The first-order valence-corrected chi connectivity index (χ1v) is 7.95. The fraction of sp³-hybridized carbons (Fsp3) is 0.647. The predicted molar refractivity (Wildman–Crippen MR) is 81.7 cm³/mol. The van der Waals surface area contributed by atoms with Gasteiger partial charge in [-0.3, -0.25) is 0 Å². The molecule has 2 N–H and O–H groups in total. The number of hydrogen-bond acceptors (Lipinski definition) is 4. The molecule has 4 unspecified atom stereocenters. The molecule has 4 nitrogen and oxygen atoms in total. The Balaban J connectivity index is 1.80. The highest BCUT2D eigenvalue weighted by atomic mass is 16.5. The van der Waals surface area contributed by atoms with E-state index in [1.165, 1.54) is 0 Å². The minimum Gasteiger partial charge on any atom is -0.489 e. The SMILES string of the molecule is CCC1OCCC1C(N)c1ccc2c(c1)OCC(C)CO2. The van der Waals surface area contributed by atoms with Crippen LogP contribution in [0.15, 0.2) is 18.2 Å². The van der Waals surface area contributed by atoms with Gasteiger partial charge in [0.25, 0.3) is 0 Å². The van der Waals surface area contributed by atoms with E-state index < -0.39 is 0 Å². The fourth-order valence-electron chi connectivity index (χ4n) is 3.22. The molecule has 4 heteroatoms. The van der Waals surface area contributed by atoms with Crippen LogP contribution in [0.2, 0.25) is 0 Å². The standard InChI is InChI=1S/C17H25NO3/c1-3-14-13(6-7-19-14)17(18)12-4-5-15-16(8-12)21-10-11(2)9-20-15/h4-5,8,11,13-14,17H,3,6-7,9-10,18H2,1-2H3. The van der Waals surface area contributed by atoms with Crippen LogP contribution >= 0.6 is 0 Å². The van der Waals surface area contributed by atoms with Crippen LogP contribution in [0.4, 0.5) is 0 Å². The molecule has 0 radical (unpaired) electrons. The van der Waals surface area contributed by atoms with Gasteiger partial charge < -0.3 is 19.9 Å². The summed E-state index contributed by atoms with van der Waals surface area (Å²) in [6.07, 6.45) is 2.32. The monoisotopic (exact) mass is 291 g/mol. The van der Waals surface area contributed by atoms with Crippen LogP contribution in [0.5, 0.6) is 11.5 Å². The van der Waals surface area contributed by atoms with Crippen molar-refractivity contribution in [1.82, 2.24) is 0 Å². The minimum atomic E-state index is -0.00738. The van der Waals surface area contributed by atoms with Crippen LogP contribution in [-0.4, -0.2) is 25.9 Å². The lowest BCUT2D eigenvalue weighted by Gasteiger charge is -2.24. The Morgan fingerprint density at radius 2 is 2.00 bits per heavy atom. The Bertz CT molecular complexity index is 491. The summed E-state index contributed by atoms with van der Waals surface area (Å²) in [7, 11) is 0. The van der Waals surface area contributed by atoms with Crippen molar-refractivity contribution in [2.75, 3.05) is 19.8 Å². The molecule has 2 aliphatic heterocycles. The van der Waals surface area contributed by atoms with Crippen molar-refractivity contribution in [3.8, 4) is 11.5 Å². The Hall–Kier alpha value is -1.26. The van der Waals surface area contributed by atoms with Crippen molar-refractivity contribution in [2.45, 2.75) is 38.8 Å². The molecule has 0 saturated carbocycles. The van der Waals surface area contributed by atoms with Crippen molar-refractivity contribution >= 4 is 0 Å². The molecule has 0 spiro atoms. The van der Waals surface area contributed by atoms with Crippen molar-refractivity contribution < 1.29 is 14.2 Å². The smallest absolute Gasteiger partial charge is 0.161 e. The van der Waals surface area contributed by atoms with Gasteiger partial charge in [0, 0.05) is 24.5 Å². The van der Waals surface area contributed by atoms with Crippen LogP contribution in [0.1, 0.15) is 38.3 Å². The summed E-state index contributed by atoms with van der Waals surface area (Å²) in [6, 6.07) is 6.09. The predicted octanol–water partition coefficient (Wildman–Crippen LogP) is 2.91. The minimum absolute atomic E-state index is 0.00738. The first kappa shape index (κ1) is 14.7. The van der Waals surface area contributed by atoms with E-state index in [4.69, 9.17) is 19.9 Å². The third-order valence-electron chi connectivity index (χ3n) is 4.52. The van der Waals surface area contributed by atoms with Crippen molar-refractivity contribution in [1.29, 1.82) is 0 Å².